The van der Waals surface area contributed by atoms with Crippen molar-refractivity contribution in [1.29, 1.82) is 0 Å². The van der Waals surface area contributed by atoms with Crippen LogP contribution in [0, 0.1) is 0 Å². The Morgan fingerprint density at radius 1 is 0.839 bits per heavy atom. The van der Waals surface area contributed by atoms with Gasteiger partial charge in [-0.15, -0.1) is 11.8 Å². The smallest absolute Gasteiger partial charge is 0.257 e. The molecular formula is C24H22N2O4S. The van der Waals surface area contributed by atoms with Gasteiger partial charge in [0, 0.05) is 17.0 Å². The van der Waals surface area contributed by atoms with Gasteiger partial charge in [0.25, 0.3) is 5.91 Å². The van der Waals surface area contributed by atoms with Crippen molar-refractivity contribution in [2.75, 3.05) is 29.6 Å². The second kappa shape index (κ2) is 10.0. The van der Waals surface area contributed by atoms with E-state index < -0.39 is 0 Å². The van der Waals surface area contributed by atoms with Crippen LogP contribution in [0.3, 0.4) is 0 Å². The maximum atomic E-state index is 12.7. The lowest BCUT2D eigenvalue weighted by Crippen LogP contribution is -2.19. The van der Waals surface area contributed by atoms with Gasteiger partial charge in [0.15, 0.2) is 11.5 Å². The van der Waals surface area contributed by atoms with Gasteiger partial charge in [-0.1, -0.05) is 30.3 Å². The Kier molecular flexibility index (Phi) is 6.74. The van der Waals surface area contributed by atoms with Crippen LogP contribution in [0.5, 0.6) is 11.5 Å². The summed E-state index contributed by atoms with van der Waals surface area (Å²) < 4.78 is 11.3. The topological polar surface area (TPSA) is 76.7 Å². The zero-order chi connectivity index (χ0) is 21.5. The molecule has 0 aromatic heterocycles. The van der Waals surface area contributed by atoms with Gasteiger partial charge >= 0.3 is 0 Å². The van der Waals surface area contributed by atoms with Crippen molar-refractivity contribution in [2.24, 2.45) is 0 Å². The van der Waals surface area contributed by atoms with Gasteiger partial charge in [0.1, 0.15) is 0 Å². The number of fused-ring (bicyclic) bond motifs is 1. The van der Waals surface area contributed by atoms with E-state index in [9.17, 15) is 9.59 Å². The standard InChI is InChI=1S/C24H22N2O4S/c27-23(16-31-18-11-12-21-22(15-18)30-14-6-13-29-21)26-20-10-5-4-9-19(20)24(28)25-17-7-2-1-3-8-17/h1-5,7-12,15H,6,13-14,16H2,(H,25,28)(H,26,27). The summed E-state index contributed by atoms with van der Waals surface area (Å²) in [5, 5.41) is 5.69. The van der Waals surface area contributed by atoms with Crippen LogP contribution in [0.4, 0.5) is 11.4 Å². The van der Waals surface area contributed by atoms with Crippen molar-refractivity contribution in [1.82, 2.24) is 0 Å². The molecule has 0 atom stereocenters. The molecule has 158 valence electrons. The summed E-state index contributed by atoms with van der Waals surface area (Å²) in [5.74, 6) is 1.15. The van der Waals surface area contributed by atoms with Gasteiger partial charge in [0.05, 0.1) is 30.2 Å². The molecule has 0 fully saturated rings. The predicted molar refractivity (Wildman–Crippen MR) is 122 cm³/mol. The molecule has 3 aromatic rings. The van der Waals surface area contributed by atoms with Gasteiger partial charge in [0.2, 0.25) is 5.91 Å². The third-order valence-corrected chi connectivity index (χ3v) is 5.56. The molecule has 2 amide bonds. The van der Waals surface area contributed by atoms with Crippen molar-refractivity contribution >= 4 is 35.0 Å². The summed E-state index contributed by atoms with van der Waals surface area (Å²) in [4.78, 5) is 26.1. The zero-order valence-corrected chi connectivity index (χ0v) is 17.6. The average molecular weight is 435 g/mol. The Labute approximate surface area is 185 Å². The van der Waals surface area contributed by atoms with Crippen LogP contribution in [-0.4, -0.2) is 30.8 Å². The number of rotatable bonds is 6. The number of hydrogen-bond acceptors (Lipinski definition) is 5. The van der Waals surface area contributed by atoms with Crippen LogP contribution in [0.25, 0.3) is 0 Å². The van der Waals surface area contributed by atoms with Gasteiger partial charge in [-0.2, -0.15) is 0 Å². The number of benzene rings is 3. The maximum absolute atomic E-state index is 12.7. The minimum atomic E-state index is -0.280. The Morgan fingerprint density at radius 3 is 2.42 bits per heavy atom. The first-order valence-corrected chi connectivity index (χ1v) is 11.0. The largest absolute Gasteiger partial charge is 0.490 e. The number of nitrogens with one attached hydrogen (secondary N) is 2. The maximum Gasteiger partial charge on any atom is 0.257 e. The highest BCUT2D eigenvalue weighted by atomic mass is 32.2. The van der Waals surface area contributed by atoms with Crippen LogP contribution in [-0.2, 0) is 4.79 Å². The summed E-state index contributed by atoms with van der Waals surface area (Å²) in [6.07, 6.45) is 0.844. The number of thioether (sulfide) groups is 1. The predicted octanol–water partition coefficient (Wildman–Crippen LogP) is 4.83. The summed E-state index contributed by atoms with van der Waals surface area (Å²) in [5.41, 5.74) is 1.57. The van der Waals surface area contributed by atoms with Crippen molar-refractivity contribution < 1.29 is 19.1 Å². The van der Waals surface area contributed by atoms with E-state index in [2.05, 4.69) is 10.6 Å². The molecule has 31 heavy (non-hydrogen) atoms. The molecule has 1 aliphatic rings. The number of ether oxygens (including phenoxy) is 2. The summed E-state index contributed by atoms with van der Waals surface area (Å²) in [6, 6.07) is 21.8. The fourth-order valence-electron chi connectivity index (χ4n) is 3.08. The number of para-hydroxylation sites is 2. The molecular weight excluding hydrogens is 412 g/mol. The number of amides is 2. The monoisotopic (exact) mass is 434 g/mol. The van der Waals surface area contributed by atoms with E-state index in [0.29, 0.717) is 35.9 Å². The third kappa shape index (κ3) is 5.58. The van der Waals surface area contributed by atoms with E-state index in [4.69, 9.17) is 9.47 Å². The fraction of sp³-hybridized carbons (Fsp3) is 0.167. The van der Waals surface area contributed by atoms with Gasteiger partial charge < -0.3 is 20.1 Å². The van der Waals surface area contributed by atoms with E-state index in [1.54, 1.807) is 24.3 Å². The molecule has 0 unspecified atom stereocenters. The Balaban J connectivity index is 1.38. The summed E-state index contributed by atoms with van der Waals surface area (Å²) >= 11 is 1.40. The Bertz CT molecular complexity index is 1070. The first-order chi connectivity index (χ1) is 15.2. The lowest BCUT2D eigenvalue weighted by molar-refractivity contribution is -0.113. The van der Waals surface area contributed by atoms with E-state index in [-0.39, 0.29) is 17.6 Å². The van der Waals surface area contributed by atoms with Gasteiger partial charge in [-0.05, 0) is 42.5 Å². The third-order valence-electron chi connectivity index (χ3n) is 4.57. The number of hydrogen-bond donors (Lipinski definition) is 2. The second-order valence-corrected chi connectivity index (χ2v) is 7.91. The Hall–Kier alpha value is -3.45. The van der Waals surface area contributed by atoms with Crippen LogP contribution >= 0.6 is 11.8 Å². The van der Waals surface area contributed by atoms with E-state index in [1.165, 1.54) is 11.8 Å². The first kappa shape index (κ1) is 20.8. The lowest BCUT2D eigenvalue weighted by atomic mass is 10.1. The molecule has 3 aromatic carbocycles. The van der Waals surface area contributed by atoms with Crippen molar-refractivity contribution in [2.45, 2.75) is 11.3 Å². The molecule has 0 bridgehead atoms. The molecule has 4 rings (SSSR count). The molecule has 2 N–H and O–H groups in total. The molecule has 0 radical (unpaired) electrons. The SMILES string of the molecule is O=C(CSc1ccc2c(c1)OCCCO2)Nc1ccccc1C(=O)Nc1ccccc1. The molecule has 0 spiro atoms. The highest BCUT2D eigenvalue weighted by molar-refractivity contribution is 8.00. The van der Waals surface area contributed by atoms with Crippen LogP contribution < -0.4 is 20.1 Å². The van der Waals surface area contributed by atoms with Crippen LogP contribution in [0.1, 0.15) is 16.8 Å². The lowest BCUT2D eigenvalue weighted by Gasteiger charge is -2.12. The van der Waals surface area contributed by atoms with Gasteiger partial charge in [-0.3, -0.25) is 9.59 Å². The van der Waals surface area contributed by atoms with Crippen molar-refractivity contribution in [3.8, 4) is 11.5 Å². The summed E-state index contributed by atoms with van der Waals surface area (Å²) in [6.45, 7) is 1.25. The molecule has 7 heteroatoms. The highest BCUT2D eigenvalue weighted by Gasteiger charge is 2.15. The zero-order valence-electron chi connectivity index (χ0n) is 16.8. The number of anilines is 2. The molecule has 0 saturated carbocycles. The molecule has 6 nitrogen and oxygen atoms in total. The molecule has 0 aliphatic carbocycles. The quantitative estimate of drug-likeness (QED) is 0.544. The van der Waals surface area contributed by atoms with Crippen molar-refractivity contribution in [3.05, 3.63) is 78.4 Å². The Morgan fingerprint density at radius 2 is 1.58 bits per heavy atom. The molecule has 1 aliphatic heterocycles. The number of carbonyl (C=O) groups excluding carboxylic acids is 2. The normalized spacial score (nSPS) is 12.5. The first-order valence-electron chi connectivity index (χ1n) is 9.97. The van der Waals surface area contributed by atoms with Crippen LogP contribution in [0.15, 0.2) is 77.7 Å². The fourth-order valence-corrected chi connectivity index (χ4v) is 3.80. The average Bonchev–Trinajstić information content (AvgIpc) is 3.04. The molecule has 0 saturated heterocycles. The minimum Gasteiger partial charge on any atom is -0.490 e. The van der Waals surface area contributed by atoms with E-state index >= 15 is 0 Å². The highest BCUT2D eigenvalue weighted by Crippen LogP contribution is 2.34. The van der Waals surface area contributed by atoms with Gasteiger partial charge in [-0.25, -0.2) is 0 Å². The molecule has 1 heterocycles. The van der Waals surface area contributed by atoms with Crippen molar-refractivity contribution in [3.63, 3.8) is 0 Å². The second-order valence-electron chi connectivity index (χ2n) is 6.86. The minimum absolute atomic E-state index is 0.197. The van der Waals surface area contributed by atoms with E-state index in [0.717, 1.165) is 17.1 Å². The number of carbonyl (C=O) groups is 2. The summed E-state index contributed by atoms with van der Waals surface area (Å²) in [7, 11) is 0. The van der Waals surface area contributed by atoms with Crippen LogP contribution in [0.2, 0.25) is 0 Å². The van der Waals surface area contributed by atoms with E-state index in [1.807, 2.05) is 48.5 Å².